The summed E-state index contributed by atoms with van der Waals surface area (Å²) in [6.45, 7) is 7.93. The van der Waals surface area contributed by atoms with Crippen LogP contribution in [0.15, 0.2) is 24.4 Å². The number of rotatable bonds is 14. The molecule has 39 heavy (non-hydrogen) atoms. The van der Waals surface area contributed by atoms with Crippen molar-refractivity contribution in [3.63, 3.8) is 0 Å². The van der Waals surface area contributed by atoms with Crippen molar-refractivity contribution in [3.05, 3.63) is 51.7 Å². The number of phenols is 1. The molecule has 0 saturated heterocycles. The molecule has 0 saturated carbocycles. The number of aryl methyl sites for hydroxylation is 1. The lowest BCUT2D eigenvalue weighted by Gasteiger charge is -2.23. The van der Waals surface area contributed by atoms with Gasteiger partial charge in [-0.25, -0.2) is 0 Å². The van der Waals surface area contributed by atoms with E-state index in [1.165, 1.54) is 12.1 Å². The Morgan fingerprint density at radius 1 is 1.03 bits per heavy atom. The van der Waals surface area contributed by atoms with Crippen molar-refractivity contribution in [2.45, 2.75) is 78.3 Å². The number of carboxylic acids is 1. The number of hydrogen-bond acceptors (Lipinski definition) is 5. The lowest BCUT2D eigenvalue weighted by molar-refractivity contribution is -0.137. The molecule has 6 N–H and O–H groups in total. The van der Waals surface area contributed by atoms with E-state index >= 15 is 0 Å². The standard InChI is InChI=1S/C29H40N4O6/c1-5-8-9-23(28(38)30-15-14-20-17-31-22(7-3)21(20)6-2)33-29(39)24(12-13-26(35)36)32-27(37)19-11-10-18(4)25(34)16-19/h6-7,10-11,16-17,23-24,31,34H,5,8-9,12-15H2,1-4H3,(H,30,38)(H,32,37)(H,33,39)(H,35,36)/b21-6-,22-7+. The molecule has 10 nitrogen and oxygen atoms in total. The molecular weight excluding hydrogens is 500 g/mol. The molecule has 1 aromatic carbocycles. The van der Waals surface area contributed by atoms with Gasteiger partial charge in [-0.2, -0.15) is 0 Å². The van der Waals surface area contributed by atoms with Crippen molar-refractivity contribution in [3.8, 4) is 5.75 Å². The van der Waals surface area contributed by atoms with Crippen LogP contribution in [0.1, 0.15) is 74.4 Å². The minimum Gasteiger partial charge on any atom is -0.508 e. The summed E-state index contributed by atoms with van der Waals surface area (Å²) < 4.78 is 0. The van der Waals surface area contributed by atoms with E-state index in [2.05, 4.69) is 20.9 Å². The van der Waals surface area contributed by atoms with Gasteiger partial charge >= 0.3 is 5.97 Å². The molecule has 0 radical (unpaired) electrons. The highest BCUT2D eigenvalue weighted by molar-refractivity contribution is 5.98. The van der Waals surface area contributed by atoms with Crippen molar-refractivity contribution in [2.24, 2.45) is 0 Å². The van der Waals surface area contributed by atoms with E-state index in [1.54, 1.807) is 13.0 Å². The Morgan fingerprint density at radius 2 is 1.74 bits per heavy atom. The minimum absolute atomic E-state index is 0.0712. The van der Waals surface area contributed by atoms with Crippen molar-refractivity contribution >= 4 is 35.8 Å². The molecular formula is C29H40N4O6. The van der Waals surface area contributed by atoms with E-state index in [0.717, 1.165) is 22.6 Å². The van der Waals surface area contributed by atoms with Gasteiger partial charge in [0.15, 0.2) is 0 Å². The summed E-state index contributed by atoms with van der Waals surface area (Å²) >= 11 is 0. The summed E-state index contributed by atoms with van der Waals surface area (Å²) in [5.74, 6) is -2.81. The Bertz CT molecular complexity index is 1280. The van der Waals surface area contributed by atoms with Crippen LogP contribution in [-0.4, -0.2) is 57.5 Å². The van der Waals surface area contributed by atoms with E-state index in [-0.39, 0.29) is 30.1 Å². The van der Waals surface area contributed by atoms with Gasteiger partial charge in [-0.05, 0) is 68.5 Å². The van der Waals surface area contributed by atoms with Crippen LogP contribution in [0.3, 0.4) is 0 Å². The highest BCUT2D eigenvalue weighted by Crippen LogP contribution is 2.17. The second kappa shape index (κ2) is 15.4. The molecule has 3 amide bonds. The summed E-state index contributed by atoms with van der Waals surface area (Å²) in [7, 11) is 0. The summed E-state index contributed by atoms with van der Waals surface area (Å²) in [4.78, 5) is 53.4. The smallest absolute Gasteiger partial charge is 0.303 e. The average Bonchev–Trinajstić information content (AvgIpc) is 3.31. The highest BCUT2D eigenvalue weighted by atomic mass is 16.4. The molecule has 2 aromatic rings. The molecule has 0 aliphatic carbocycles. The average molecular weight is 541 g/mol. The molecule has 2 rings (SSSR count). The van der Waals surface area contributed by atoms with Gasteiger partial charge in [0.05, 0.1) is 0 Å². The lowest BCUT2D eigenvalue weighted by atomic mass is 10.1. The quantitative estimate of drug-likeness (QED) is 0.214. The maximum absolute atomic E-state index is 13.2. The van der Waals surface area contributed by atoms with Crippen molar-refractivity contribution in [1.82, 2.24) is 20.9 Å². The van der Waals surface area contributed by atoms with E-state index < -0.39 is 29.9 Å². The van der Waals surface area contributed by atoms with Crippen LogP contribution < -0.4 is 26.5 Å². The van der Waals surface area contributed by atoms with Gasteiger partial charge < -0.3 is 31.1 Å². The summed E-state index contributed by atoms with van der Waals surface area (Å²) in [6, 6.07) is 2.33. The topological polar surface area (TPSA) is 161 Å². The fraction of sp³-hybridized carbons (Fsp3) is 0.448. The molecule has 0 aliphatic heterocycles. The zero-order valence-electron chi connectivity index (χ0n) is 23.1. The van der Waals surface area contributed by atoms with Crippen LogP contribution in [0.2, 0.25) is 0 Å². The van der Waals surface area contributed by atoms with Gasteiger partial charge in [0.2, 0.25) is 11.8 Å². The predicted molar refractivity (Wildman–Crippen MR) is 149 cm³/mol. The number of H-pyrrole nitrogens is 1. The number of carboxylic acid groups (broad SMARTS) is 1. The van der Waals surface area contributed by atoms with E-state index in [1.807, 2.05) is 39.1 Å². The number of benzene rings is 1. The first-order chi connectivity index (χ1) is 18.6. The molecule has 0 spiro atoms. The minimum atomic E-state index is -1.18. The molecule has 0 fully saturated rings. The fourth-order valence-electron chi connectivity index (χ4n) is 4.20. The number of hydrogen-bond donors (Lipinski definition) is 6. The largest absolute Gasteiger partial charge is 0.508 e. The van der Waals surface area contributed by atoms with Crippen LogP contribution in [-0.2, 0) is 20.8 Å². The van der Waals surface area contributed by atoms with Gasteiger partial charge in [0, 0.05) is 30.1 Å². The SMILES string of the molecule is C/C=c1/c(CCNC(=O)C(CCCC)NC(=O)C(CCC(=O)O)NC(=O)c2ccc(C)c(O)c2)c[nH]/c1=C/C. The molecule has 2 atom stereocenters. The van der Waals surface area contributed by atoms with Crippen LogP contribution in [0.5, 0.6) is 5.75 Å². The second-order valence-corrected chi connectivity index (χ2v) is 9.42. The van der Waals surface area contributed by atoms with E-state index in [9.17, 15) is 24.3 Å². The Balaban J connectivity index is 2.11. The van der Waals surface area contributed by atoms with Gasteiger partial charge in [0.1, 0.15) is 17.8 Å². The monoisotopic (exact) mass is 540 g/mol. The van der Waals surface area contributed by atoms with Gasteiger partial charge in [-0.15, -0.1) is 0 Å². The number of aromatic nitrogens is 1. The number of amides is 3. The normalized spacial score (nSPS) is 13.5. The summed E-state index contributed by atoms with van der Waals surface area (Å²) in [6.07, 6.45) is 7.89. The number of unbranched alkanes of at least 4 members (excludes halogenated alkanes) is 1. The first-order valence-corrected chi connectivity index (χ1v) is 13.3. The van der Waals surface area contributed by atoms with Crippen LogP contribution >= 0.6 is 0 Å². The first-order valence-electron chi connectivity index (χ1n) is 13.3. The maximum atomic E-state index is 13.2. The maximum Gasteiger partial charge on any atom is 0.303 e. The second-order valence-electron chi connectivity index (χ2n) is 9.42. The zero-order valence-corrected chi connectivity index (χ0v) is 23.1. The highest BCUT2D eigenvalue weighted by Gasteiger charge is 2.27. The first kappa shape index (κ1) is 31.1. The van der Waals surface area contributed by atoms with E-state index in [4.69, 9.17) is 5.11 Å². The Morgan fingerprint density at radius 3 is 2.36 bits per heavy atom. The molecule has 0 bridgehead atoms. The van der Waals surface area contributed by atoms with Crippen molar-refractivity contribution in [2.75, 3.05) is 6.54 Å². The number of aromatic amines is 1. The van der Waals surface area contributed by atoms with E-state index in [0.29, 0.717) is 31.4 Å². The molecule has 10 heteroatoms. The number of aromatic hydroxyl groups is 1. The number of nitrogens with one attached hydrogen (secondary N) is 4. The Hall–Kier alpha value is -4.08. The Kier molecular flexibility index (Phi) is 12.3. The zero-order chi connectivity index (χ0) is 28.9. The lowest BCUT2D eigenvalue weighted by Crippen LogP contribution is -2.54. The van der Waals surface area contributed by atoms with Crippen molar-refractivity contribution < 1.29 is 29.4 Å². The molecule has 2 unspecified atom stereocenters. The number of phenolic OH excluding ortho intramolecular Hbond substituents is 1. The van der Waals surface area contributed by atoms with Gasteiger partial charge in [-0.1, -0.05) is 38.0 Å². The number of carbonyl (C=O) groups excluding carboxylic acids is 3. The predicted octanol–water partition coefficient (Wildman–Crippen LogP) is 1.63. The molecule has 1 aromatic heterocycles. The van der Waals surface area contributed by atoms with Gasteiger partial charge in [0.25, 0.3) is 5.91 Å². The third kappa shape index (κ3) is 9.31. The summed E-state index contributed by atoms with van der Waals surface area (Å²) in [5.41, 5.74) is 1.78. The summed E-state index contributed by atoms with van der Waals surface area (Å²) in [5, 5.41) is 29.3. The van der Waals surface area contributed by atoms with Gasteiger partial charge in [-0.3, -0.25) is 19.2 Å². The van der Waals surface area contributed by atoms with Crippen molar-refractivity contribution in [1.29, 1.82) is 0 Å². The molecule has 0 aliphatic rings. The molecule has 1 heterocycles. The fourth-order valence-corrected chi connectivity index (χ4v) is 4.20. The molecule has 212 valence electrons. The van der Waals surface area contributed by atoms with Crippen LogP contribution in [0.25, 0.3) is 12.2 Å². The number of carbonyl (C=O) groups is 4. The third-order valence-corrected chi connectivity index (χ3v) is 6.53. The third-order valence-electron chi connectivity index (χ3n) is 6.53. The number of aliphatic carboxylic acids is 1. The van der Waals surface area contributed by atoms with Crippen LogP contribution in [0.4, 0.5) is 0 Å². The Labute approximate surface area is 228 Å². The van der Waals surface area contributed by atoms with Crippen LogP contribution in [0, 0.1) is 6.92 Å².